The first-order valence-electron chi connectivity index (χ1n) is 10.5. The van der Waals surface area contributed by atoms with Crippen LogP contribution in [-0.2, 0) is 21.4 Å². The Kier molecular flexibility index (Phi) is 7.78. The number of aryl methyl sites for hydroxylation is 2. The molecule has 0 spiro atoms. The highest BCUT2D eigenvalue weighted by Gasteiger charge is 2.28. The summed E-state index contributed by atoms with van der Waals surface area (Å²) < 4.78 is 52.3. The number of anilines is 1. The largest absolute Gasteiger partial charge is 0.493 e. The number of carbonyl (C=O) groups is 1. The van der Waals surface area contributed by atoms with Crippen LogP contribution in [0.5, 0.6) is 11.5 Å². The van der Waals surface area contributed by atoms with Crippen LogP contribution in [0, 0.1) is 19.7 Å². The summed E-state index contributed by atoms with van der Waals surface area (Å²) in [6.45, 7) is 3.30. The number of sulfonamides is 1. The van der Waals surface area contributed by atoms with Gasteiger partial charge in [0.15, 0.2) is 11.5 Å². The third kappa shape index (κ3) is 5.85. The fourth-order valence-corrected chi connectivity index (χ4v) is 4.97. The van der Waals surface area contributed by atoms with Crippen LogP contribution in [-0.4, -0.2) is 35.1 Å². The van der Waals surface area contributed by atoms with Gasteiger partial charge < -0.3 is 14.8 Å². The maximum Gasteiger partial charge on any atom is 0.264 e. The molecule has 0 saturated heterocycles. The topological polar surface area (TPSA) is 84.9 Å². The molecule has 0 radical (unpaired) electrons. The van der Waals surface area contributed by atoms with Crippen molar-refractivity contribution < 1.29 is 27.1 Å². The summed E-state index contributed by atoms with van der Waals surface area (Å²) in [4.78, 5) is 12.7. The molecule has 1 N–H and O–H groups in total. The van der Waals surface area contributed by atoms with Crippen LogP contribution in [0.15, 0.2) is 65.6 Å². The van der Waals surface area contributed by atoms with E-state index in [0.717, 1.165) is 15.4 Å². The number of benzene rings is 3. The molecule has 3 aromatic carbocycles. The van der Waals surface area contributed by atoms with Crippen molar-refractivity contribution in [2.24, 2.45) is 0 Å². The number of hydrogen-bond donors (Lipinski definition) is 1. The van der Waals surface area contributed by atoms with E-state index >= 15 is 0 Å². The van der Waals surface area contributed by atoms with E-state index in [1.165, 1.54) is 44.6 Å². The number of amides is 1. The maximum atomic E-state index is 13.7. The lowest BCUT2D eigenvalue weighted by Gasteiger charge is -2.25. The van der Waals surface area contributed by atoms with Gasteiger partial charge in [-0.05, 0) is 66.9 Å². The number of methoxy groups -OCH3 is 2. The Morgan fingerprint density at radius 2 is 1.62 bits per heavy atom. The normalized spacial score (nSPS) is 11.1. The molecule has 0 aliphatic carbocycles. The Bertz CT molecular complexity index is 1270. The molecule has 34 heavy (non-hydrogen) atoms. The fraction of sp³-hybridized carbons (Fsp3) is 0.240. The van der Waals surface area contributed by atoms with Crippen LogP contribution in [0.1, 0.15) is 16.7 Å². The Labute approximate surface area is 199 Å². The molecule has 3 rings (SSSR count). The number of ether oxygens (including phenoxy) is 2. The second-order valence-electron chi connectivity index (χ2n) is 7.78. The van der Waals surface area contributed by atoms with Gasteiger partial charge in [0.1, 0.15) is 12.4 Å². The van der Waals surface area contributed by atoms with Crippen molar-refractivity contribution in [3.8, 4) is 11.5 Å². The Morgan fingerprint density at radius 3 is 2.24 bits per heavy atom. The summed E-state index contributed by atoms with van der Waals surface area (Å²) in [6.07, 6.45) is 0. The summed E-state index contributed by atoms with van der Waals surface area (Å²) >= 11 is 0. The van der Waals surface area contributed by atoms with Gasteiger partial charge in [-0.1, -0.05) is 18.2 Å². The first-order chi connectivity index (χ1) is 16.1. The number of nitrogens with one attached hydrogen (secondary N) is 1. The second-order valence-corrected chi connectivity index (χ2v) is 9.64. The molecule has 0 heterocycles. The summed E-state index contributed by atoms with van der Waals surface area (Å²) in [7, 11) is -1.29. The van der Waals surface area contributed by atoms with Gasteiger partial charge in [0.2, 0.25) is 5.91 Å². The van der Waals surface area contributed by atoms with E-state index in [4.69, 9.17) is 9.47 Å². The molecular weight excluding hydrogens is 459 g/mol. The van der Waals surface area contributed by atoms with E-state index in [0.29, 0.717) is 17.0 Å². The molecule has 0 bridgehead atoms. The van der Waals surface area contributed by atoms with Gasteiger partial charge in [0, 0.05) is 12.6 Å². The van der Waals surface area contributed by atoms with Gasteiger partial charge in [-0.2, -0.15) is 0 Å². The standard InChI is InChI=1S/C25H27FN2O5S/c1-17-10-18(2)12-21(11-17)28(16-25(29)27-15-19-6-5-7-20(26)13-19)34(30,31)22-8-9-23(32-3)24(14-22)33-4/h5-14H,15-16H2,1-4H3,(H,27,29). The van der Waals surface area contributed by atoms with Crippen LogP contribution in [0.3, 0.4) is 0 Å². The minimum absolute atomic E-state index is 0.0535. The lowest BCUT2D eigenvalue weighted by Crippen LogP contribution is -2.40. The van der Waals surface area contributed by atoms with E-state index in [2.05, 4.69) is 5.32 Å². The summed E-state index contributed by atoms with van der Waals surface area (Å²) in [5, 5.41) is 2.66. The van der Waals surface area contributed by atoms with Gasteiger partial charge in [-0.15, -0.1) is 0 Å². The molecule has 0 aliphatic heterocycles. The van der Waals surface area contributed by atoms with E-state index in [-0.39, 0.29) is 17.2 Å². The highest BCUT2D eigenvalue weighted by molar-refractivity contribution is 7.92. The zero-order valence-electron chi connectivity index (χ0n) is 19.5. The van der Waals surface area contributed by atoms with Crippen LogP contribution in [0.2, 0.25) is 0 Å². The van der Waals surface area contributed by atoms with Crippen LogP contribution in [0.25, 0.3) is 0 Å². The molecule has 9 heteroatoms. The van der Waals surface area contributed by atoms with E-state index in [1.807, 2.05) is 19.9 Å². The van der Waals surface area contributed by atoms with Crippen molar-refractivity contribution in [2.45, 2.75) is 25.3 Å². The first kappa shape index (κ1) is 25.0. The van der Waals surface area contributed by atoms with Gasteiger partial charge in [-0.25, -0.2) is 12.8 Å². The number of halogens is 1. The molecule has 0 unspecified atom stereocenters. The average molecular weight is 487 g/mol. The number of nitrogens with zero attached hydrogens (tertiary/aromatic N) is 1. The fourth-order valence-electron chi connectivity index (χ4n) is 3.55. The summed E-state index contributed by atoms with van der Waals surface area (Å²) in [6, 6.07) is 15.4. The van der Waals surface area contributed by atoms with Crippen LogP contribution < -0.4 is 19.1 Å². The zero-order chi connectivity index (χ0) is 24.9. The van der Waals surface area contributed by atoms with Gasteiger partial charge >= 0.3 is 0 Å². The lowest BCUT2D eigenvalue weighted by atomic mass is 10.1. The van der Waals surface area contributed by atoms with E-state index < -0.39 is 28.3 Å². The van der Waals surface area contributed by atoms with Crippen molar-refractivity contribution in [2.75, 3.05) is 25.1 Å². The molecular formula is C25H27FN2O5S. The predicted octanol–water partition coefficient (Wildman–Crippen LogP) is 3.97. The van der Waals surface area contributed by atoms with Gasteiger partial charge in [0.05, 0.1) is 24.8 Å². The SMILES string of the molecule is COc1ccc(S(=O)(=O)N(CC(=O)NCc2cccc(F)c2)c2cc(C)cc(C)c2)cc1OC. The molecule has 1 amide bonds. The van der Waals surface area contributed by atoms with Crippen molar-refractivity contribution >= 4 is 21.6 Å². The molecule has 0 saturated carbocycles. The minimum atomic E-state index is -4.15. The molecule has 3 aromatic rings. The molecule has 0 fully saturated rings. The Morgan fingerprint density at radius 1 is 0.941 bits per heavy atom. The summed E-state index contributed by atoms with van der Waals surface area (Å²) in [5.74, 6) is -0.321. The first-order valence-corrected chi connectivity index (χ1v) is 11.9. The zero-order valence-corrected chi connectivity index (χ0v) is 20.3. The summed E-state index contributed by atoms with van der Waals surface area (Å²) in [5.41, 5.74) is 2.62. The number of hydrogen-bond acceptors (Lipinski definition) is 5. The van der Waals surface area contributed by atoms with E-state index in [9.17, 15) is 17.6 Å². The van der Waals surface area contributed by atoms with Gasteiger partial charge in [-0.3, -0.25) is 9.10 Å². The van der Waals surface area contributed by atoms with E-state index in [1.54, 1.807) is 24.3 Å². The molecule has 180 valence electrons. The number of rotatable bonds is 9. The smallest absolute Gasteiger partial charge is 0.264 e. The Balaban J connectivity index is 1.96. The quantitative estimate of drug-likeness (QED) is 0.495. The molecule has 0 atom stereocenters. The molecule has 0 aliphatic rings. The lowest BCUT2D eigenvalue weighted by molar-refractivity contribution is -0.119. The second kappa shape index (κ2) is 10.6. The van der Waals surface area contributed by atoms with Crippen molar-refractivity contribution in [1.29, 1.82) is 0 Å². The highest BCUT2D eigenvalue weighted by Crippen LogP contribution is 2.32. The third-order valence-electron chi connectivity index (χ3n) is 5.10. The van der Waals surface area contributed by atoms with Crippen LogP contribution >= 0.6 is 0 Å². The maximum absolute atomic E-state index is 13.7. The molecule has 7 nitrogen and oxygen atoms in total. The van der Waals surface area contributed by atoms with Crippen molar-refractivity contribution in [1.82, 2.24) is 5.32 Å². The predicted molar refractivity (Wildman–Crippen MR) is 128 cm³/mol. The third-order valence-corrected chi connectivity index (χ3v) is 6.87. The van der Waals surface area contributed by atoms with Crippen molar-refractivity contribution in [3.05, 3.63) is 83.2 Å². The highest BCUT2D eigenvalue weighted by atomic mass is 32.2. The van der Waals surface area contributed by atoms with Crippen molar-refractivity contribution in [3.63, 3.8) is 0 Å². The Hall–Kier alpha value is -3.59. The van der Waals surface area contributed by atoms with Gasteiger partial charge in [0.25, 0.3) is 10.0 Å². The average Bonchev–Trinajstić information content (AvgIpc) is 2.80. The molecule has 0 aromatic heterocycles. The monoisotopic (exact) mass is 486 g/mol. The minimum Gasteiger partial charge on any atom is -0.493 e. The number of carbonyl (C=O) groups excluding carboxylic acids is 1. The van der Waals surface area contributed by atoms with Crippen LogP contribution in [0.4, 0.5) is 10.1 Å².